The van der Waals surface area contributed by atoms with Crippen LogP contribution in [-0.2, 0) is 26.2 Å². The number of benzene rings is 3. The van der Waals surface area contributed by atoms with E-state index in [1.165, 1.54) is 24.1 Å². The van der Waals surface area contributed by atoms with Gasteiger partial charge >= 0.3 is 0 Å². The number of nitrogens with one attached hydrogen (secondary N) is 1. The number of rotatable bonds is 10. The van der Waals surface area contributed by atoms with E-state index >= 15 is 0 Å². The van der Waals surface area contributed by atoms with Crippen LogP contribution in [0.4, 0.5) is 5.69 Å². The lowest BCUT2D eigenvalue weighted by Crippen LogP contribution is -2.51. The second kappa shape index (κ2) is 12.1. The van der Waals surface area contributed by atoms with Crippen molar-refractivity contribution in [2.45, 2.75) is 37.8 Å². The van der Waals surface area contributed by atoms with Crippen LogP contribution in [0.5, 0.6) is 0 Å². The zero-order valence-electron chi connectivity index (χ0n) is 20.5. The minimum atomic E-state index is -4.15. The monoisotopic (exact) mass is 527 g/mol. The van der Waals surface area contributed by atoms with Crippen LogP contribution < -0.4 is 9.62 Å². The molecule has 0 aliphatic heterocycles. The topological polar surface area (TPSA) is 86.8 Å². The van der Waals surface area contributed by atoms with Gasteiger partial charge in [-0.1, -0.05) is 78.7 Å². The number of para-hydroxylation sites is 1. The zero-order chi connectivity index (χ0) is 26.3. The molecule has 1 unspecified atom stereocenters. The molecular weight excluding hydrogens is 498 g/mol. The molecule has 3 aromatic rings. The number of carbonyl (C=O) groups excluding carboxylic acids is 2. The highest BCUT2D eigenvalue weighted by Crippen LogP contribution is 2.31. The van der Waals surface area contributed by atoms with E-state index in [2.05, 4.69) is 5.32 Å². The first-order chi connectivity index (χ1) is 17.2. The van der Waals surface area contributed by atoms with Crippen molar-refractivity contribution in [3.05, 3.63) is 95.0 Å². The molecule has 3 aromatic carbocycles. The molecule has 0 aromatic heterocycles. The first-order valence-electron chi connectivity index (χ1n) is 11.6. The fourth-order valence-electron chi connectivity index (χ4n) is 3.87. The van der Waals surface area contributed by atoms with Crippen molar-refractivity contribution in [1.82, 2.24) is 10.2 Å². The molecule has 190 valence electrons. The summed E-state index contributed by atoms with van der Waals surface area (Å²) >= 11 is 6.40. The Morgan fingerprint density at radius 2 is 1.56 bits per heavy atom. The van der Waals surface area contributed by atoms with Gasteiger partial charge in [0.2, 0.25) is 11.8 Å². The number of likely N-dealkylation sites (N-methyl/N-ethyl adjacent to an activating group) is 1. The van der Waals surface area contributed by atoms with Crippen LogP contribution in [0.2, 0.25) is 5.02 Å². The number of hydrogen-bond acceptors (Lipinski definition) is 4. The Morgan fingerprint density at radius 1 is 0.944 bits per heavy atom. The van der Waals surface area contributed by atoms with E-state index in [0.29, 0.717) is 6.42 Å². The normalized spacial score (nSPS) is 12.0. The highest BCUT2D eigenvalue weighted by atomic mass is 35.5. The van der Waals surface area contributed by atoms with Crippen LogP contribution in [0.25, 0.3) is 0 Å². The zero-order valence-corrected chi connectivity index (χ0v) is 22.1. The van der Waals surface area contributed by atoms with Crippen LogP contribution in [0.1, 0.15) is 24.5 Å². The third-order valence-electron chi connectivity index (χ3n) is 5.84. The molecule has 1 atom stereocenters. The summed E-state index contributed by atoms with van der Waals surface area (Å²) in [4.78, 5) is 27.9. The Bertz CT molecular complexity index is 1300. The third-order valence-corrected chi connectivity index (χ3v) is 7.93. The molecule has 3 rings (SSSR count). The van der Waals surface area contributed by atoms with Gasteiger partial charge in [-0.3, -0.25) is 13.9 Å². The Morgan fingerprint density at radius 3 is 2.14 bits per heavy atom. The molecule has 2 amide bonds. The molecule has 0 spiro atoms. The molecular formula is C27H30ClN3O4S. The lowest BCUT2D eigenvalue weighted by Gasteiger charge is -2.33. The Hall–Kier alpha value is -3.36. The molecule has 0 aliphatic carbocycles. The van der Waals surface area contributed by atoms with Crippen molar-refractivity contribution in [3.8, 4) is 0 Å². The van der Waals surface area contributed by atoms with Gasteiger partial charge in [0.1, 0.15) is 12.6 Å². The predicted octanol–water partition coefficient (Wildman–Crippen LogP) is 4.40. The van der Waals surface area contributed by atoms with Gasteiger partial charge in [0.05, 0.1) is 15.6 Å². The molecule has 0 saturated heterocycles. The van der Waals surface area contributed by atoms with Crippen LogP contribution >= 0.6 is 11.6 Å². The lowest BCUT2D eigenvalue weighted by molar-refractivity contribution is -0.140. The number of carbonyl (C=O) groups is 2. The molecule has 0 saturated carbocycles. The van der Waals surface area contributed by atoms with Crippen molar-refractivity contribution in [3.63, 3.8) is 0 Å². The highest BCUT2D eigenvalue weighted by molar-refractivity contribution is 7.92. The van der Waals surface area contributed by atoms with Gasteiger partial charge in [0.25, 0.3) is 10.0 Å². The molecule has 0 fully saturated rings. The fourth-order valence-corrected chi connectivity index (χ4v) is 5.59. The number of nitrogens with zero attached hydrogens (tertiary/aromatic N) is 2. The third kappa shape index (κ3) is 6.25. The van der Waals surface area contributed by atoms with Gasteiger partial charge in [-0.15, -0.1) is 0 Å². The minimum absolute atomic E-state index is 0.0359. The van der Waals surface area contributed by atoms with Crippen molar-refractivity contribution in [2.24, 2.45) is 0 Å². The second-order valence-corrected chi connectivity index (χ2v) is 10.6. The van der Waals surface area contributed by atoms with Gasteiger partial charge in [-0.2, -0.15) is 0 Å². The van der Waals surface area contributed by atoms with E-state index < -0.39 is 28.5 Å². The average Bonchev–Trinajstić information content (AvgIpc) is 2.88. The van der Waals surface area contributed by atoms with Crippen molar-refractivity contribution in [2.75, 3.05) is 17.9 Å². The summed E-state index contributed by atoms with van der Waals surface area (Å²) in [7, 11) is -2.64. The maximum atomic E-state index is 13.8. The van der Waals surface area contributed by atoms with Crippen molar-refractivity contribution in [1.29, 1.82) is 0 Å². The highest BCUT2D eigenvalue weighted by Gasteiger charge is 2.34. The Labute approximate surface area is 217 Å². The molecule has 0 heterocycles. The molecule has 0 aliphatic rings. The molecule has 9 heteroatoms. The fraction of sp³-hybridized carbons (Fsp3) is 0.259. The number of amides is 2. The molecule has 0 bridgehead atoms. The molecule has 7 nitrogen and oxygen atoms in total. The summed E-state index contributed by atoms with van der Waals surface area (Å²) in [5, 5.41) is 2.80. The van der Waals surface area contributed by atoms with Crippen molar-refractivity contribution < 1.29 is 18.0 Å². The Balaban J connectivity index is 2.06. The van der Waals surface area contributed by atoms with Crippen LogP contribution in [0, 0.1) is 6.92 Å². The van der Waals surface area contributed by atoms with Crippen molar-refractivity contribution >= 4 is 39.1 Å². The van der Waals surface area contributed by atoms with Gasteiger partial charge in [0, 0.05) is 13.6 Å². The van der Waals surface area contributed by atoms with Gasteiger partial charge in [-0.05, 0) is 43.2 Å². The predicted molar refractivity (Wildman–Crippen MR) is 142 cm³/mol. The van der Waals surface area contributed by atoms with Crippen LogP contribution in [0.3, 0.4) is 0 Å². The number of halogens is 1. The maximum Gasteiger partial charge on any atom is 0.264 e. The van der Waals surface area contributed by atoms with Crippen LogP contribution in [0.15, 0.2) is 83.8 Å². The average molecular weight is 528 g/mol. The summed E-state index contributed by atoms with van der Waals surface area (Å²) in [6, 6.07) is 21.3. The van der Waals surface area contributed by atoms with Gasteiger partial charge < -0.3 is 10.2 Å². The maximum absolute atomic E-state index is 13.8. The van der Waals surface area contributed by atoms with E-state index in [-0.39, 0.29) is 28.1 Å². The van der Waals surface area contributed by atoms with Crippen LogP contribution in [-0.4, -0.2) is 44.8 Å². The van der Waals surface area contributed by atoms with E-state index in [1.807, 2.05) is 37.3 Å². The molecule has 36 heavy (non-hydrogen) atoms. The summed E-state index contributed by atoms with van der Waals surface area (Å²) in [6.07, 6.45) is 0.356. The minimum Gasteiger partial charge on any atom is -0.357 e. The summed E-state index contributed by atoms with van der Waals surface area (Å²) in [6.45, 7) is 3.28. The number of aryl methyl sites for hydroxylation is 1. The largest absolute Gasteiger partial charge is 0.357 e. The first kappa shape index (κ1) is 27.2. The summed E-state index contributed by atoms with van der Waals surface area (Å²) < 4.78 is 28.5. The van der Waals surface area contributed by atoms with Gasteiger partial charge in [-0.25, -0.2) is 8.42 Å². The number of sulfonamides is 1. The Kier molecular flexibility index (Phi) is 9.12. The molecule has 0 radical (unpaired) electrons. The number of anilines is 1. The second-order valence-electron chi connectivity index (χ2n) is 8.32. The van der Waals surface area contributed by atoms with Gasteiger partial charge in [0.15, 0.2) is 0 Å². The quantitative estimate of drug-likeness (QED) is 0.423. The van der Waals surface area contributed by atoms with E-state index in [0.717, 1.165) is 15.4 Å². The number of hydrogen-bond donors (Lipinski definition) is 1. The summed E-state index contributed by atoms with van der Waals surface area (Å²) in [5.74, 6) is -0.850. The first-order valence-corrected chi connectivity index (χ1v) is 13.4. The van der Waals surface area contributed by atoms with E-state index in [9.17, 15) is 18.0 Å². The molecule has 1 N–H and O–H groups in total. The SMILES string of the molecule is CCC(C(=O)NC)N(Cc1ccccc1)C(=O)CN(c1ccccc1Cl)S(=O)(=O)c1ccc(C)cc1. The van der Waals surface area contributed by atoms with E-state index in [4.69, 9.17) is 11.6 Å². The lowest BCUT2D eigenvalue weighted by atomic mass is 10.1. The standard InChI is InChI=1S/C27H30ClN3O4S/c1-4-24(27(33)29-3)30(18-21-10-6-5-7-11-21)26(32)19-31(25-13-9-8-12-23(25)28)36(34,35)22-16-14-20(2)15-17-22/h5-17,24H,4,18-19H2,1-3H3,(H,29,33). The summed E-state index contributed by atoms with van der Waals surface area (Å²) in [5.41, 5.74) is 1.90. The smallest absolute Gasteiger partial charge is 0.264 e. The van der Waals surface area contributed by atoms with E-state index in [1.54, 1.807) is 43.3 Å².